The minimum absolute atomic E-state index is 0.0383. The summed E-state index contributed by atoms with van der Waals surface area (Å²) in [6.45, 7) is 2.51. The van der Waals surface area contributed by atoms with E-state index in [0.717, 1.165) is 17.1 Å². The summed E-state index contributed by atoms with van der Waals surface area (Å²) < 4.78 is 10.8. The second kappa shape index (κ2) is 8.08. The van der Waals surface area contributed by atoms with Crippen LogP contribution in [-0.2, 0) is 4.79 Å². The molecule has 0 spiro atoms. The Bertz CT molecular complexity index is 622. The molecule has 0 aliphatic rings. The van der Waals surface area contributed by atoms with E-state index in [1.807, 2.05) is 62.3 Å². The Morgan fingerprint density at radius 3 is 2.04 bits per heavy atom. The molecule has 0 atom stereocenters. The fourth-order valence-corrected chi connectivity index (χ4v) is 1.99. The molecule has 0 heterocycles. The van der Waals surface area contributed by atoms with Gasteiger partial charge in [-0.25, -0.2) is 0 Å². The molecule has 0 radical (unpaired) electrons. The largest absolute Gasteiger partial charge is 0.494 e. The molecular formula is C18H22N2O3. The average Bonchev–Trinajstić information content (AvgIpc) is 2.55. The molecule has 5 nitrogen and oxygen atoms in total. The zero-order chi connectivity index (χ0) is 16.7. The van der Waals surface area contributed by atoms with Crippen molar-refractivity contribution >= 4 is 17.3 Å². The van der Waals surface area contributed by atoms with Gasteiger partial charge in [-0.05, 0) is 55.5 Å². The van der Waals surface area contributed by atoms with Gasteiger partial charge in [-0.3, -0.25) is 4.79 Å². The van der Waals surface area contributed by atoms with Crippen LogP contribution in [0.1, 0.15) is 6.92 Å². The van der Waals surface area contributed by atoms with Gasteiger partial charge in [-0.15, -0.1) is 0 Å². The van der Waals surface area contributed by atoms with Gasteiger partial charge in [0.25, 0.3) is 5.91 Å². The standard InChI is InChI=1S/C18H22N2O3/c1-4-22-16-9-11-17(12-10-16)23-13-18(21)19-14-5-7-15(8-6-14)20(2)3/h5-12H,4,13H2,1-3H3,(H,19,21). The van der Waals surface area contributed by atoms with E-state index in [4.69, 9.17) is 9.47 Å². The molecule has 23 heavy (non-hydrogen) atoms. The highest BCUT2D eigenvalue weighted by Crippen LogP contribution is 2.18. The number of hydrogen-bond acceptors (Lipinski definition) is 4. The van der Waals surface area contributed by atoms with Crippen LogP contribution in [0.5, 0.6) is 11.5 Å². The summed E-state index contributed by atoms with van der Waals surface area (Å²) >= 11 is 0. The van der Waals surface area contributed by atoms with E-state index in [0.29, 0.717) is 12.4 Å². The molecule has 0 aliphatic heterocycles. The van der Waals surface area contributed by atoms with Crippen LogP contribution in [0.25, 0.3) is 0 Å². The Morgan fingerprint density at radius 1 is 0.957 bits per heavy atom. The van der Waals surface area contributed by atoms with E-state index in [2.05, 4.69) is 5.32 Å². The van der Waals surface area contributed by atoms with Crippen molar-refractivity contribution < 1.29 is 14.3 Å². The zero-order valence-electron chi connectivity index (χ0n) is 13.7. The highest BCUT2D eigenvalue weighted by Gasteiger charge is 2.04. The molecular weight excluding hydrogens is 292 g/mol. The SMILES string of the molecule is CCOc1ccc(OCC(=O)Nc2ccc(N(C)C)cc2)cc1. The van der Waals surface area contributed by atoms with Gasteiger partial charge in [0.15, 0.2) is 6.61 Å². The molecule has 0 aliphatic carbocycles. The maximum absolute atomic E-state index is 11.9. The Balaban J connectivity index is 1.82. The van der Waals surface area contributed by atoms with Crippen molar-refractivity contribution in [3.8, 4) is 11.5 Å². The van der Waals surface area contributed by atoms with Gasteiger partial charge in [0.1, 0.15) is 11.5 Å². The van der Waals surface area contributed by atoms with E-state index in [-0.39, 0.29) is 12.5 Å². The van der Waals surface area contributed by atoms with Crippen molar-refractivity contribution in [1.82, 2.24) is 0 Å². The summed E-state index contributed by atoms with van der Waals surface area (Å²) in [4.78, 5) is 13.9. The summed E-state index contributed by atoms with van der Waals surface area (Å²) in [5.74, 6) is 1.22. The predicted molar refractivity (Wildman–Crippen MR) is 92.5 cm³/mol. The lowest BCUT2D eigenvalue weighted by Crippen LogP contribution is -2.20. The van der Waals surface area contributed by atoms with Crippen LogP contribution in [0.3, 0.4) is 0 Å². The molecule has 2 rings (SSSR count). The molecule has 2 aromatic carbocycles. The van der Waals surface area contributed by atoms with E-state index in [1.165, 1.54) is 0 Å². The highest BCUT2D eigenvalue weighted by atomic mass is 16.5. The lowest BCUT2D eigenvalue weighted by molar-refractivity contribution is -0.118. The third kappa shape index (κ3) is 5.21. The number of nitrogens with zero attached hydrogens (tertiary/aromatic N) is 1. The first-order valence-electron chi connectivity index (χ1n) is 7.51. The normalized spacial score (nSPS) is 10.0. The molecule has 2 aromatic rings. The summed E-state index contributed by atoms with van der Waals surface area (Å²) in [6, 6.07) is 14.8. The Labute approximate surface area is 136 Å². The number of hydrogen-bond donors (Lipinski definition) is 1. The van der Waals surface area contributed by atoms with Gasteiger partial charge < -0.3 is 19.7 Å². The number of carbonyl (C=O) groups excluding carboxylic acids is 1. The number of benzene rings is 2. The summed E-state index contributed by atoms with van der Waals surface area (Å²) in [6.07, 6.45) is 0. The second-order valence-electron chi connectivity index (χ2n) is 5.18. The van der Waals surface area contributed by atoms with Crippen LogP contribution in [0.4, 0.5) is 11.4 Å². The molecule has 0 aromatic heterocycles. The number of anilines is 2. The van der Waals surface area contributed by atoms with Gasteiger partial charge in [-0.2, -0.15) is 0 Å². The Morgan fingerprint density at radius 2 is 1.52 bits per heavy atom. The molecule has 5 heteroatoms. The van der Waals surface area contributed by atoms with Crippen molar-refractivity contribution in [3.63, 3.8) is 0 Å². The molecule has 122 valence electrons. The van der Waals surface area contributed by atoms with Crippen LogP contribution in [-0.4, -0.2) is 33.2 Å². The van der Waals surface area contributed by atoms with E-state index >= 15 is 0 Å². The van der Waals surface area contributed by atoms with Gasteiger partial charge in [0.2, 0.25) is 0 Å². The zero-order valence-corrected chi connectivity index (χ0v) is 13.7. The van der Waals surface area contributed by atoms with Gasteiger partial charge >= 0.3 is 0 Å². The van der Waals surface area contributed by atoms with Gasteiger partial charge in [-0.1, -0.05) is 0 Å². The minimum atomic E-state index is -0.198. The monoisotopic (exact) mass is 314 g/mol. The minimum Gasteiger partial charge on any atom is -0.494 e. The molecule has 0 fully saturated rings. The van der Waals surface area contributed by atoms with E-state index in [9.17, 15) is 4.79 Å². The highest BCUT2D eigenvalue weighted by molar-refractivity contribution is 5.92. The van der Waals surface area contributed by atoms with Gasteiger partial charge in [0, 0.05) is 25.5 Å². The van der Waals surface area contributed by atoms with Crippen LogP contribution >= 0.6 is 0 Å². The number of carbonyl (C=O) groups is 1. The quantitative estimate of drug-likeness (QED) is 0.853. The third-order valence-corrected chi connectivity index (χ3v) is 3.17. The first-order chi connectivity index (χ1) is 11.1. The van der Waals surface area contributed by atoms with Crippen molar-refractivity contribution in [2.45, 2.75) is 6.92 Å². The molecule has 0 saturated heterocycles. The summed E-state index contributed by atoms with van der Waals surface area (Å²) in [7, 11) is 3.94. The molecule has 0 bridgehead atoms. The van der Waals surface area contributed by atoms with Gasteiger partial charge in [0.05, 0.1) is 6.61 Å². The lowest BCUT2D eigenvalue weighted by atomic mass is 10.2. The van der Waals surface area contributed by atoms with E-state index < -0.39 is 0 Å². The Kier molecular flexibility index (Phi) is 5.86. The van der Waals surface area contributed by atoms with Crippen LogP contribution < -0.4 is 19.7 Å². The smallest absolute Gasteiger partial charge is 0.262 e. The second-order valence-corrected chi connectivity index (χ2v) is 5.18. The Hall–Kier alpha value is -2.69. The van der Waals surface area contributed by atoms with Crippen molar-refractivity contribution in [1.29, 1.82) is 0 Å². The fourth-order valence-electron chi connectivity index (χ4n) is 1.99. The number of ether oxygens (including phenoxy) is 2. The van der Waals surface area contributed by atoms with Crippen LogP contribution in [0.2, 0.25) is 0 Å². The predicted octanol–water partition coefficient (Wildman–Crippen LogP) is 3.17. The third-order valence-electron chi connectivity index (χ3n) is 3.17. The first kappa shape index (κ1) is 16.7. The topological polar surface area (TPSA) is 50.8 Å². The van der Waals surface area contributed by atoms with Crippen molar-refractivity contribution in [2.75, 3.05) is 37.5 Å². The van der Waals surface area contributed by atoms with Crippen molar-refractivity contribution in [2.24, 2.45) is 0 Å². The number of nitrogens with one attached hydrogen (secondary N) is 1. The molecule has 0 unspecified atom stereocenters. The maximum atomic E-state index is 11.9. The number of rotatable bonds is 7. The van der Waals surface area contributed by atoms with E-state index in [1.54, 1.807) is 12.1 Å². The lowest BCUT2D eigenvalue weighted by Gasteiger charge is -2.13. The molecule has 1 amide bonds. The maximum Gasteiger partial charge on any atom is 0.262 e. The average molecular weight is 314 g/mol. The van der Waals surface area contributed by atoms with Crippen LogP contribution in [0, 0.1) is 0 Å². The van der Waals surface area contributed by atoms with Crippen LogP contribution in [0.15, 0.2) is 48.5 Å². The summed E-state index contributed by atoms with van der Waals surface area (Å²) in [5, 5.41) is 2.80. The van der Waals surface area contributed by atoms with Crippen molar-refractivity contribution in [3.05, 3.63) is 48.5 Å². The molecule has 1 N–H and O–H groups in total. The first-order valence-corrected chi connectivity index (χ1v) is 7.51. The molecule has 0 saturated carbocycles. The number of amides is 1. The summed E-state index contributed by atoms with van der Waals surface area (Å²) in [5.41, 5.74) is 1.82. The fraction of sp³-hybridized carbons (Fsp3) is 0.278.